The van der Waals surface area contributed by atoms with Crippen LogP contribution in [0.1, 0.15) is 52.5 Å². The summed E-state index contributed by atoms with van der Waals surface area (Å²) in [6.45, 7) is 8.26. The summed E-state index contributed by atoms with van der Waals surface area (Å²) in [5, 5.41) is 0. The Morgan fingerprint density at radius 3 is 2.22 bits per heavy atom. The van der Waals surface area contributed by atoms with E-state index in [1.165, 1.54) is 5.56 Å². The quantitative estimate of drug-likeness (QED) is 0.789. The largest absolute Gasteiger partial charge is 0.461 e. The normalized spacial score (nSPS) is 29.7. The Kier molecular flexibility index (Phi) is 4.41. The van der Waals surface area contributed by atoms with Gasteiger partial charge in [0.25, 0.3) is 0 Å². The van der Waals surface area contributed by atoms with E-state index in [4.69, 9.17) is 9.31 Å². The maximum atomic E-state index is 12.6. The van der Waals surface area contributed by atoms with Crippen LogP contribution < -0.4 is 0 Å². The molecule has 1 saturated heterocycles. The highest BCUT2D eigenvalue weighted by molar-refractivity contribution is 6.48. The van der Waals surface area contributed by atoms with E-state index < -0.39 is 0 Å². The summed E-state index contributed by atoms with van der Waals surface area (Å²) >= 11 is 0. The molecule has 2 fully saturated rings. The van der Waals surface area contributed by atoms with E-state index in [1.54, 1.807) is 0 Å². The minimum Gasteiger partial charge on any atom is -0.403 e. The van der Waals surface area contributed by atoms with Crippen LogP contribution in [-0.2, 0) is 20.5 Å². The lowest BCUT2D eigenvalue weighted by Crippen LogP contribution is -2.41. The minimum atomic E-state index is -0.318. The van der Waals surface area contributed by atoms with Crippen LogP contribution in [-0.4, -0.2) is 24.1 Å². The van der Waals surface area contributed by atoms with Crippen molar-refractivity contribution in [1.82, 2.24) is 0 Å². The lowest BCUT2D eigenvalue weighted by molar-refractivity contribution is -0.124. The summed E-state index contributed by atoms with van der Waals surface area (Å²) in [4.78, 5) is 12.6. The van der Waals surface area contributed by atoms with Crippen LogP contribution in [0.5, 0.6) is 0 Å². The molecular weight excluding hydrogens is 287 g/mol. The average molecular weight is 314 g/mol. The zero-order chi connectivity index (χ0) is 16.7. The number of rotatable bonds is 3. The predicted molar refractivity (Wildman–Crippen MR) is 92.3 cm³/mol. The molecule has 2 aliphatic rings. The molecule has 1 heterocycles. The first kappa shape index (κ1) is 16.7. The summed E-state index contributed by atoms with van der Waals surface area (Å²) in [5.41, 5.74) is 0.614. The van der Waals surface area contributed by atoms with E-state index >= 15 is 0 Å². The number of ketones is 1. The smallest absolute Gasteiger partial charge is 0.403 e. The zero-order valence-electron chi connectivity index (χ0n) is 14.7. The fraction of sp³-hybridized carbons (Fsp3) is 0.632. The summed E-state index contributed by atoms with van der Waals surface area (Å²) in [5.74, 6) is 0.700. The monoisotopic (exact) mass is 314 g/mol. The molecule has 3 nitrogen and oxygen atoms in total. The lowest BCUT2D eigenvalue weighted by Gasteiger charge is -2.32. The standard InChI is InChI=1S/C19H27BO3/c1-18(2)19(3,4)23-20(22-18)16-11-10-15(17(21)13-16)12-14-8-6-5-7-9-14/h5-9,15-16H,10-13H2,1-4H3/t15?,16-/m1/s1. The van der Waals surface area contributed by atoms with Crippen molar-refractivity contribution in [3.8, 4) is 0 Å². The Labute approximate surface area is 139 Å². The molecule has 3 rings (SSSR count). The predicted octanol–water partition coefficient (Wildman–Crippen LogP) is 4.06. The Morgan fingerprint density at radius 1 is 1.04 bits per heavy atom. The van der Waals surface area contributed by atoms with Gasteiger partial charge in [-0.15, -0.1) is 0 Å². The number of carbonyl (C=O) groups excluding carboxylic acids is 1. The molecule has 2 atom stereocenters. The molecule has 1 aromatic rings. The third-order valence-corrected chi connectivity index (χ3v) is 5.79. The summed E-state index contributed by atoms with van der Waals surface area (Å²) in [6, 6.07) is 10.3. The highest BCUT2D eigenvalue weighted by atomic mass is 16.7. The second kappa shape index (κ2) is 6.06. The van der Waals surface area contributed by atoms with Gasteiger partial charge in [-0.3, -0.25) is 4.79 Å². The molecule has 0 amide bonds. The van der Waals surface area contributed by atoms with Crippen molar-refractivity contribution >= 4 is 12.9 Å². The lowest BCUT2D eigenvalue weighted by atomic mass is 9.62. The van der Waals surface area contributed by atoms with Crippen LogP contribution in [0, 0.1) is 5.92 Å². The zero-order valence-corrected chi connectivity index (χ0v) is 14.7. The van der Waals surface area contributed by atoms with Gasteiger partial charge in [-0.2, -0.15) is 0 Å². The van der Waals surface area contributed by atoms with E-state index in [2.05, 4.69) is 39.8 Å². The molecule has 23 heavy (non-hydrogen) atoms. The first-order valence-corrected chi connectivity index (χ1v) is 8.71. The van der Waals surface area contributed by atoms with Crippen molar-refractivity contribution in [3.63, 3.8) is 0 Å². The van der Waals surface area contributed by atoms with Crippen molar-refractivity contribution in [2.45, 2.75) is 70.4 Å². The van der Waals surface area contributed by atoms with E-state index in [0.717, 1.165) is 19.3 Å². The number of carbonyl (C=O) groups is 1. The van der Waals surface area contributed by atoms with Gasteiger partial charge in [0, 0.05) is 18.2 Å². The molecule has 124 valence electrons. The van der Waals surface area contributed by atoms with E-state index in [-0.39, 0.29) is 30.1 Å². The van der Waals surface area contributed by atoms with Crippen LogP contribution in [0.15, 0.2) is 30.3 Å². The highest BCUT2D eigenvalue weighted by Crippen LogP contribution is 2.44. The van der Waals surface area contributed by atoms with Gasteiger partial charge in [0.15, 0.2) is 0 Å². The summed E-state index contributed by atoms with van der Waals surface area (Å²) in [7, 11) is -0.248. The molecule has 4 heteroatoms. The van der Waals surface area contributed by atoms with Crippen molar-refractivity contribution in [1.29, 1.82) is 0 Å². The van der Waals surface area contributed by atoms with Crippen LogP contribution in [0.3, 0.4) is 0 Å². The Morgan fingerprint density at radius 2 is 1.65 bits per heavy atom. The molecule has 1 aliphatic carbocycles. The summed E-state index contributed by atoms with van der Waals surface area (Å²) in [6.07, 6.45) is 3.37. The Bertz CT molecular complexity index is 551. The maximum absolute atomic E-state index is 12.6. The van der Waals surface area contributed by atoms with Gasteiger partial charge in [-0.1, -0.05) is 36.8 Å². The summed E-state index contributed by atoms with van der Waals surface area (Å²) < 4.78 is 12.3. The van der Waals surface area contributed by atoms with Crippen LogP contribution in [0.25, 0.3) is 0 Å². The highest BCUT2D eigenvalue weighted by Gasteiger charge is 2.54. The molecular formula is C19H27BO3. The van der Waals surface area contributed by atoms with Gasteiger partial charge < -0.3 is 9.31 Å². The van der Waals surface area contributed by atoms with E-state index in [0.29, 0.717) is 12.2 Å². The second-order valence-corrected chi connectivity index (χ2v) is 8.02. The third-order valence-electron chi connectivity index (χ3n) is 5.79. The fourth-order valence-corrected chi connectivity index (χ4v) is 3.53. The molecule has 1 saturated carbocycles. The number of Topliss-reactive ketones (excluding diaryl/α,β-unsaturated/α-hetero) is 1. The third kappa shape index (κ3) is 3.38. The van der Waals surface area contributed by atoms with Gasteiger partial charge in [0.2, 0.25) is 0 Å². The molecule has 1 unspecified atom stereocenters. The average Bonchev–Trinajstić information content (AvgIpc) is 2.71. The first-order valence-electron chi connectivity index (χ1n) is 8.71. The Balaban J connectivity index is 1.60. The number of hydrogen-bond acceptors (Lipinski definition) is 3. The van der Waals surface area contributed by atoms with Gasteiger partial charge in [0.05, 0.1) is 11.2 Å². The molecule has 0 aromatic heterocycles. The molecule has 0 N–H and O–H groups in total. The fourth-order valence-electron chi connectivity index (χ4n) is 3.53. The van der Waals surface area contributed by atoms with Crippen LogP contribution in [0.4, 0.5) is 0 Å². The minimum absolute atomic E-state index is 0.149. The van der Waals surface area contributed by atoms with Crippen LogP contribution >= 0.6 is 0 Å². The van der Waals surface area contributed by atoms with Crippen molar-refractivity contribution in [3.05, 3.63) is 35.9 Å². The van der Waals surface area contributed by atoms with Gasteiger partial charge in [-0.05, 0) is 46.1 Å². The van der Waals surface area contributed by atoms with Crippen molar-refractivity contribution in [2.24, 2.45) is 5.92 Å². The second-order valence-electron chi connectivity index (χ2n) is 8.02. The first-order chi connectivity index (χ1) is 10.8. The maximum Gasteiger partial charge on any atom is 0.461 e. The van der Waals surface area contributed by atoms with Gasteiger partial charge >= 0.3 is 7.12 Å². The number of benzene rings is 1. The van der Waals surface area contributed by atoms with Gasteiger partial charge in [-0.25, -0.2) is 0 Å². The molecule has 0 spiro atoms. The van der Waals surface area contributed by atoms with E-state index in [9.17, 15) is 4.79 Å². The van der Waals surface area contributed by atoms with Gasteiger partial charge in [0.1, 0.15) is 5.78 Å². The Hall–Kier alpha value is -1.13. The number of hydrogen-bond donors (Lipinski definition) is 0. The van der Waals surface area contributed by atoms with Crippen LogP contribution in [0.2, 0.25) is 5.82 Å². The topological polar surface area (TPSA) is 35.5 Å². The molecule has 0 bridgehead atoms. The van der Waals surface area contributed by atoms with Crippen molar-refractivity contribution < 1.29 is 14.1 Å². The molecule has 0 radical (unpaired) electrons. The molecule has 1 aliphatic heterocycles. The SMILES string of the molecule is CC1(C)OB([C@@H]2CCC(Cc3ccccc3)C(=O)C2)OC1(C)C. The van der Waals surface area contributed by atoms with E-state index in [1.807, 2.05) is 18.2 Å². The van der Waals surface area contributed by atoms with Crippen molar-refractivity contribution in [2.75, 3.05) is 0 Å². The molecule has 1 aromatic carbocycles.